The van der Waals surface area contributed by atoms with Crippen molar-refractivity contribution in [1.29, 1.82) is 0 Å². The summed E-state index contributed by atoms with van der Waals surface area (Å²) in [5.41, 5.74) is 2.32. The number of amides is 2. The molecule has 1 fully saturated rings. The van der Waals surface area contributed by atoms with Gasteiger partial charge in [0, 0.05) is 20.6 Å². The van der Waals surface area contributed by atoms with Gasteiger partial charge in [-0.2, -0.15) is 5.10 Å². The molecule has 0 aliphatic carbocycles. The zero-order valence-electron chi connectivity index (χ0n) is 9.38. The lowest BCUT2D eigenvalue weighted by Gasteiger charge is -2.19. The van der Waals surface area contributed by atoms with Crippen LogP contribution in [-0.2, 0) is 4.79 Å². The number of hydrogen-bond acceptors (Lipinski definition) is 3. The molecule has 1 aliphatic rings. The smallest absolute Gasteiger partial charge is 0.407 e. The van der Waals surface area contributed by atoms with Gasteiger partial charge in [0.15, 0.2) is 0 Å². The van der Waals surface area contributed by atoms with Crippen LogP contribution < -0.4 is 5.43 Å². The molecule has 2 amide bonds. The van der Waals surface area contributed by atoms with Crippen molar-refractivity contribution in [1.82, 2.24) is 15.2 Å². The lowest BCUT2D eigenvalue weighted by atomic mass is 10.2. The van der Waals surface area contributed by atoms with Crippen LogP contribution in [0.3, 0.4) is 0 Å². The fraction of sp³-hybridized carbons (Fsp3) is 0.667. The third-order valence-corrected chi connectivity index (χ3v) is 2.26. The molecule has 2 N–H and O–H groups in total. The van der Waals surface area contributed by atoms with E-state index in [4.69, 9.17) is 5.11 Å². The zero-order valence-corrected chi connectivity index (χ0v) is 9.38. The first kappa shape index (κ1) is 12.3. The maximum atomic E-state index is 11.6. The maximum Gasteiger partial charge on any atom is 0.407 e. The molecule has 90 valence electrons. The normalized spacial score (nSPS) is 20.1. The summed E-state index contributed by atoms with van der Waals surface area (Å²) in [5.74, 6) is -0.377. The Balaban J connectivity index is 2.50. The SMILES string of the molecule is CN(C)C=NNC(=O)C1CCCN1C(=O)O. The minimum atomic E-state index is -1.06. The third kappa shape index (κ3) is 3.11. The fourth-order valence-corrected chi connectivity index (χ4v) is 1.55. The van der Waals surface area contributed by atoms with Crippen molar-refractivity contribution >= 4 is 18.3 Å². The van der Waals surface area contributed by atoms with Gasteiger partial charge in [0.25, 0.3) is 5.91 Å². The highest BCUT2D eigenvalue weighted by Crippen LogP contribution is 2.17. The molecule has 1 atom stereocenters. The van der Waals surface area contributed by atoms with Crippen LogP contribution in [0.2, 0.25) is 0 Å². The van der Waals surface area contributed by atoms with Gasteiger partial charge in [-0.25, -0.2) is 10.2 Å². The van der Waals surface area contributed by atoms with E-state index in [2.05, 4.69) is 10.5 Å². The Morgan fingerprint density at radius 3 is 2.81 bits per heavy atom. The molecular weight excluding hydrogens is 212 g/mol. The van der Waals surface area contributed by atoms with E-state index < -0.39 is 12.1 Å². The predicted molar refractivity (Wildman–Crippen MR) is 58.1 cm³/mol. The minimum Gasteiger partial charge on any atom is -0.465 e. The van der Waals surface area contributed by atoms with E-state index in [1.165, 1.54) is 6.34 Å². The van der Waals surface area contributed by atoms with Crippen molar-refractivity contribution in [3.63, 3.8) is 0 Å². The number of nitrogens with one attached hydrogen (secondary N) is 1. The standard InChI is InChI=1S/C9H16N4O3/c1-12(2)6-10-11-8(14)7-4-3-5-13(7)9(15)16/h6-7H,3-5H2,1-2H3,(H,11,14)(H,15,16). The van der Waals surface area contributed by atoms with Crippen LogP contribution in [0.5, 0.6) is 0 Å². The minimum absolute atomic E-state index is 0.377. The molecule has 0 aromatic carbocycles. The molecule has 1 aliphatic heterocycles. The number of nitrogens with zero attached hydrogens (tertiary/aromatic N) is 3. The molecule has 1 unspecified atom stereocenters. The Morgan fingerprint density at radius 2 is 2.25 bits per heavy atom. The second-order valence-corrected chi connectivity index (χ2v) is 3.82. The van der Waals surface area contributed by atoms with Crippen LogP contribution >= 0.6 is 0 Å². The number of rotatable bonds is 3. The topological polar surface area (TPSA) is 85.2 Å². The van der Waals surface area contributed by atoms with Crippen molar-refractivity contribution in [2.45, 2.75) is 18.9 Å². The first-order valence-electron chi connectivity index (χ1n) is 5.01. The van der Waals surface area contributed by atoms with Crippen molar-refractivity contribution in [3.05, 3.63) is 0 Å². The number of carboxylic acid groups (broad SMARTS) is 1. The Kier molecular flexibility index (Phi) is 4.10. The first-order chi connectivity index (χ1) is 7.52. The van der Waals surface area contributed by atoms with Crippen LogP contribution in [0.15, 0.2) is 5.10 Å². The number of hydrogen-bond donors (Lipinski definition) is 2. The first-order valence-corrected chi connectivity index (χ1v) is 5.01. The lowest BCUT2D eigenvalue weighted by Crippen LogP contribution is -2.44. The lowest BCUT2D eigenvalue weighted by molar-refractivity contribution is -0.124. The van der Waals surface area contributed by atoms with Gasteiger partial charge < -0.3 is 10.0 Å². The van der Waals surface area contributed by atoms with Gasteiger partial charge >= 0.3 is 6.09 Å². The monoisotopic (exact) mass is 228 g/mol. The molecule has 0 bridgehead atoms. The van der Waals surface area contributed by atoms with E-state index in [0.717, 1.165) is 4.90 Å². The Labute approximate surface area is 93.7 Å². The number of carbonyl (C=O) groups excluding carboxylic acids is 1. The van der Waals surface area contributed by atoms with Gasteiger partial charge in [-0.15, -0.1) is 0 Å². The van der Waals surface area contributed by atoms with Crippen molar-refractivity contribution in [2.24, 2.45) is 5.10 Å². The summed E-state index contributed by atoms with van der Waals surface area (Å²) in [6.07, 6.45) is 1.64. The second-order valence-electron chi connectivity index (χ2n) is 3.82. The summed E-state index contributed by atoms with van der Waals surface area (Å²) in [7, 11) is 3.55. The van der Waals surface area contributed by atoms with Crippen molar-refractivity contribution in [3.8, 4) is 0 Å². The molecule has 7 nitrogen and oxygen atoms in total. The molecule has 0 spiro atoms. The molecule has 7 heteroatoms. The summed E-state index contributed by atoms with van der Waals surface area (Å²) in [6.45, 7) is 0.408. The van der Waals surface area contributed by atoms with E-state index in [0.29, 0.717) is 19.4 Å². The highest BCUT2D eigenvalue weighted by Gasteiger charge is 2.33. The summed E-state index contributed by atoms with van der Waals surface area (Å²) in [4.78, 5) is 25.2. The van der Waals surface area contributed by atoms with Gasteiger partial charge in [-0.3, -0.25) is 9.69 Å². The molecule has 0 aromatic heterocycles. The van der Waals surface area contributed by atoms with Crippen molar-refractivity contribution in [2.75, 3.05) is 20.6 Å². The van der Waals surface area contributed by atoms with Crippen LogP contribution in [0.25, 0.3) is 0 Å². The largest absolute Gasteiger partial charge is 0.465 e. The van der Waals surface area contributed by atoms with E-state index in [-0.39, 0.29) is 5.91 Å². The molecule has 1 rings (SSSR count). The molecule has 16 heavy (non-hydrogen) atoms. The Bertz CT molecular complexity index is 303. The number of carbonyl (C=O) groups is 2. The molecule has 0 saturated carbocycles. The Hall–Kier alpha value is -1.79. The predicted octanol–water partition coefficient (Wildman–Crippen LogP) is -0.250. The zero-order chi connectivity index (χ0) is 12.1. The van der Waals surface area contributed by atoms with E-state index in [1.807, 2.05) is 0 Å². The van der Waals surface area contributed by atoms with Gasteiger partial charge in [0.1, 0.15) is 12.4 Å². The summed E-state index contributed by atoms with van der Waals surface area (Å²) < 4.78 is 0. The van der Waals surface area contributed by atoms with Crippen LogP contribution in [0.4, 0.5) is 4.79 Å². The van der Waals surface area contributed by atoms with Gasteiger partial charge in [-0.05, 0) is 12.8 Å². The summed E-state index contributed by atoms with van der Waals surface area (Å²) in [5, 5.41) is 12.5. The third-order valence-electron chi connectivity index (χ3n) is 2.26. The number of likely N-dealkylation sites (tertiary alicyclic amines) is 1. The van der Waals surface area contributed by atoms with Crippen LogP contribution in [0, 0.1) is 0 Å². The highest BCUT2D eigenvalue weighted by atomic mass is 16.4. The van der Waals surface area contributed by atoms with Gasteiger partial charge in [0.05, 0.1) is 0 Å². The molecule has 1 saturated heterocycles. The second kappa shape index (κ2) is 5.34. The molecule has 0 aromatic rings. The van der Waals surface area contributed by atoms with E-state index >= 15 is 0 Å². The fourth-order valence-electron chi connectivity index (χ4n) is 1.55. The van der Waals surface area contributed by atoms with E-state index in [1.54, 1.807) is 19.0 Å². The summed E-state index contributed by atoms with van der Waals surface area (Å²) in [6, 6.07) is -0.614. The number of hydrazone groups is 1. The quantitative estimate of drug-likeness (QED) is 0.396. The molecule has 0 radical (unpaired) electrons. The van der Waals surface area contributed by atoms with Gasteiger partial charge in [-0.1, -0.05) is 0 Å². The molecule has 1 heterocycles. The van der Waals surface area contributed by atoms with Crippen molar-refractivity contribution < 1.29 is 14.7 Å². The summed E-state index contributed by atoms with van der Waals surface area (Å²) >= 11 is 0. The van der Waals surface area contributed by atoms with Gasteiger partial charge in [0.2, 0.25) is 0 Å². The average Bonchev–Trinajstić information content (AvgIpc) is 2.65. The van der Waals surface area contributed by atoms with E-state index in [9.17, 15) is 9.59 Å². The van der Waals surface area contributed by atoms with Crippen LogP contribution in [-0.4, -0.2) is 59.9 Å². The average molecular weight is 228 g/mol. The van der Waals surface area contributed by atoms with Crippen LogP contribution in [0.1, 0.15) is 12.8 Å². The maximum absolute atomic E-state index is 11.6. The molecular formula is C9H16N4O3. The Morgan fingerprint density at radius 1 is 1.56 bits per heavy atom. The highest BCUT2D eigenvalue weighted by molar-refractivity contribution is 5.86.